The van der Waals surface area contributed by atoms with E-state index in [2.05, 4.69) is 10.0 Å². The van der Waals surface area contributed by atoms with Crippen LogP contribution in [0.15, 0.2) is 28.8 Å². The van der Waals surface area contributed by atoms with Crippen molar-refractivity contribution >= 4 is 17.3 Å². The molecular weight excluding hydrogens is 431 g/mol. The van der Waals surface area contributed by atoms with Gasteiger partial charge in [0.1, 0.15) is 5.67 Å². The van der Waals surface area contributed by atoms with Gasteiger partial charge in [-0.15, -0.1) is 0 Å². The Morgan fingerprint density at radius 3 is 2.47 bits per heavy atom. The van der Waals surface area contributed by atoms with Crippen LogP contribution in [0, 0.1) is 17.4 Å². The fourth-order valence-electron chi connectivity index (χ4n) is 7.30. The van der Waals surface area contributed by atoms with E-state index in [0.29, 0.717) is 37.4 Å². The summed E-state index contributed by atoms with van der Waals surface area (Å²) < 4.78 is 20.1. The van der Waals surface area contributed by atoms with E-state index >= 15 is 0 Å². The lowest BCUT2D eigenvalue weighted by molar-refractivity contribution is -0.211. The first kappa shape index (κ1) is 20.6. The lowest BCUT2D eigenvalue weighted by Crippen LogP contribution is -2.71. The summed E-state index contributed by atoms with van der Waals surface area (Å²) >= 11 is 0. The number of aromatic nitrogens is 2. The van der Waals surface area contributed by atoms with Gasteiger partial charge in [-0.05, 0) is 88.2 Å². The standard InChI is InChI=1S/C27H29FN4O2/c1-29-19-3-2-4-20(13-19)32(23(33)26-14-27(28,15-26)16-26)17-24-7-10-25(11-8-24,12-9-24)22-30-21(31-34-22)18-5-6-18/h2-4,13,18H,5-12,14-17H2. The minimum Gasteiger partial charge on any atom is -0.339 e. The first-order valence-corrected chi connectivity index (χ1v) is 12.7. The first-order valence-electron chi connectivity index (χ1n) is 12.7. The zero-order valence-corrected chi connectivity index (χ0v) is 19.4. The van der Waals surface area contributed by atoms with E-state index in [9.17, 15) is 9.18 Å². The molecule has 0 radical (unpaired) electrons. The van der Waals surface area contributed by atoms with Gasteiger partial charge >= 0.3 is 0 Å². The molecule has 0 saturated heterocycles. The molecule has 7 saturated carbocycles. The van der Waals surface area contributed by atoms with Gasteiger partial charge in [-0.2, -0.15) is 4.98 Å². The molecule has 1 aromatic heterocycles. The zero-order valence-electron chi connectivity index (χ0n) is 19.4. The highest BCUT2D eigenvalue weighted by Crippen LogP contribution is 2.70. The number of carbonyl (C=O) groups excluding carboxylic acids is 1. The Balaban J connectivity index is 1.14. The van der Waals surface area contributed by atoms with Gasteiger partial charge in [-0.25, -0.2) is 9.24 Å². The van der Waals surface area contributed by atoms with Crippen molar-refractivity contribution in [3.8, 4) is 0 Å². The Hall–Kier alpha value is -2.75. The van der Waals surface area contributed by atoms with Gasteiger partial charge in [0, 0.05) is 23.6 Å². The summed E-state index contributed by atoms with van der Waals surface area (Å²) in [5.74, 6) is 2.25. The van der Waals surface area contributed by atoms with Crippen LogP contribution >= 0.6 is 0 Å². The highest BCUT2D eigenvalue weighted by molar-refractivity contribution is 6.00. The second kappa shape index (κ2) is 6.68. The van der Waals surface area contributed by atoms with Crippen LogP contribution in [0.2, 0.25) is 0 Å². The van der Waals surface area contributed by atoms with Crippen molar-refractivity contribution in [2.24, 2.45) is 10.8 Å². The van der Waals surface area contributed by atoms with Crippen molar-refractivity contribution in [3.05, 3.63) is 47.4 Å². The van der Waals surface area contributed by atoms with E-state index in [1.54, 1.807) is 6.07 Å². The Labute approximate surface area is 198 Å². The maximum absolute atomic E-state index is 14.3. The summed E-state index contributed by atoms with van der Waals surface area (Å²) in [7, 11) is 0. The van der Waals surface area contributed by atoms with Crippen molar-refractivity contribution in [3.63, 3.8) is 0 Å². The molecule has 4 bridgehead atoms. The molecule has 34 heavy (non-hydrogen) atoms. The summed E-state index contributed by atoms with van der Waals surface area (Å²) in [6.45, 7) is 8.05. The molecule has 0 aliphatic heterocycles. The highest BCUT2D eigenvalue weighted by atomic mass is 19.1. The molecule has 1 aromatic carbocycles. The Bertz CT molecular complexity index is 1180. The summed E-state index contributed by atoms with van der Waals surface area (Å²) in [4.78, 5) is 24.1. The fourth-order valence-corrected chi connectivity index (χ4v) is 7.30. The Morgan fingerprint density at radius 2 is 1.85 bits per heavy atom. The maximum Gasteiger partial charge on any atom is 0.233 e. The number of rotatable bonds is 6. The number of amides is 1. The average molecular weight is 461 g/mol. The number of hydrogen-bond acceptors (Lipinski definition) is 4. The predicted molar refractivity (Wildman–Crippen MR) is 123 cm³/mol. The van der Waals surface area contributed by atoms with Gasteiger partial charge < -0.3 is 9.42 Å². The van der Waals surface area contributed by atoms with Gasteiger partial charge in [0.25, 0.3) is 0 Å². The third kappa shape index (κ3) is 2.93. The highest BCUT2D eigenvalue weighted by Gasteiger charge is 2.73. The van der Waals surface area contributed by atoms with Gasteiger partial charge in [0.15, 0.2) is 11.5 Å². The van der Waals surface area contributed by atoms with Crippen molar-refractivity contribution in [1.82, 2.24) is 10.1 Å². The zero-order chi connectivity index (χ0) is 23.2. The second-order valence-corrected chi connectivity index (χ2v) is 12.0. The predicted octanol–water partition coefficient (Wildman–Crippen LogP) is 6.02. The van der Waals surface area contributed by atoms with Gasteiger partial charge in [0.05, 0.1) is 12.0 Å². The smallest absolute Gasteiger partial charge is 0.233 e. The summed E-state index contributed by atoms with van der Waals surface area (Å²) in [6, 6.07) is 7.35. The topological polar surface area (TPSA) is 63.6 Å². The van der Waals surface area contributed by atoms with Crippen LogP contribution in [-0.2, 0) is 10.2 Å². The van der Waals surface area contributed by atoms with Crippen LogP contribution in [0.3, 0.4) is 0 Å². The van der Waals surface area contributed by atoms with E-state index in [4.69, 9.17) is 16.1 Å². The lowest BCUT2D eigenvalue weighted by Gasteiger charge is -2.65. The molecule has 0 unspecified atom stereocenters. The van der Waals surface area contributed by atoms with Gasteiger partial charge in [-0.3, -0.25) is 4.79 Å². The summed E-state index contributed by atoms with van der Waals surface area (Å²) in [5.41, 5.74) is -0.316. The van der Waals surface area contributed by atoms with Crippen LogP contribution in [0.4, 0.5) is 15.8 Å². The molecule has 2 aromatic rings. The molecule has 0 N–H and O–H groups in total. The molecular formula is C27H29FN4O2. The average Bonchev–Trinajstić information content (AvgIpc) is 3.56. The summed E-state index contributed by atoms with van der Waals surface area (Å²) in [6.07, 6.45) is 9.45. The SMILES string of the molecule is [C-]#[N+]c1cccc(N(CC23CCC(c4nc(C5CC5)no4)(CC2)CC3)C(=O)C23CC(F)(C2)C3)c1. The van der Waals surface area contributed by atoms with E-state index in [1.807, 2.05) is 23.1 Å². The molecule has 7 aliphatic rings. The minimum atomic E-state index is -1.11. The van der Waals surface area contributed by atoms with E-state index in [1.165, 1.54) is 12.8 Å². The molecule has 9 rings (SSSR count). The third-order valence-electron chi connectivity index (χ3n) is 9.67. The van der Waals surface area contributed by atoms with Crippen molar-refractivity contribution in [2.75, 3.05) is 11.4 Å². The Kier molecular flexibility index (Phi) is 4.05. The third-order valence-corrected chi connectivity index (χ3v) is 9.67. The quantitative estimate of drug-likeness (QED) is 0.495. The van der Waals surface area contributed by atoms with E-state index in [-0.39, 0.29) is 16.7 Å². The Morgan fingerprint density at radius 1 is 1.15 bits per heavy atom. The number of hydrogen-bond donors (Lipinski definition) is 0. The maximum atomic E-state index is 14.3. The molecule has 1 heterocycles. The number of alkyl halides is 1. The van der Waals surface area contributed by atoms with Crippen LogP contribution in [0.25, 0.3) is 4.85 Å². The van der Waals surface area contributed by atoms with Crippen LogP contribution in [-0.4, -0.2) is 28.3 Å². The number of carbonyl (C=O) groups is 1. The van der Waals surface area contributed by atoms with Crippen LogP contribution in [0.5, 0.6) is 0 Å². The second-order valence-electron chi connectivity index (χ2n) is 12.0. The number of anilines is 1. The van der Waals surface area contributed by atoms with Crippen LogP contribution < -0.4 is 4.90 Å². The van der Waals surface area contributed by atoms with Crippen molar-refractivity contribution < 1.29 is 13.7 Å². The molecule has 0 atom stereocenters. The van der Waals surface area contributed by atoms with Crippen LogP contribution in [0.1, 0.15) is 88.3 Å². The summed E-state index contributed by atoms with van der Waals surface area (Å²) in [5, 5.41) is 4.27. The largest absolute Gasteiger partial charge is 0.339 e. The monoisotopic (exact) mass is 460 g/mol. The molecule has 1 amide bonds. The molecule has 176 valence electrons. The number of halogens is 1. The fraction of sp³-hybridized carbons (Fsp3) is 0.630. The molecule has 0 spiro atoms. The van der Waals surface area contributed by atoms with Crippen molar-refractivity contribution in [2.45, 2.75) is 87.6 Å². The molecule has 7 heteroatoms. The number of nitrogens with zero attached hydrogens (tertiary/aromatic N) is 4. The lowest BCUT2D eigenvalue weighted by atomic mass is 9.41. The van der Waals surface area contributed by atoms with Crippen molar-refractivity contribution in [1.29, 1.82) is 0 Å². The minimum absolute atomic E-state index is 0.0186. The van der Waals surface area contributed by atoms with Gasteiger partial charge in [0.2, 0.25) is 11.8 Å². The molecule has 6 nitrogen and oxygen atoms in total. The number of benzene rings is 1. The number of fused-ring (bicyclic) bond motifs is 3. The molecule has 7 aliphatic carbocycles. The van der Waals surface area contributed by atoms with E-state index < -0.39 is 11.1 Å². The molecule has 7 fully saturated rings. The first-order chi connectivity index (χ1) is 16.4. The van der Waals surface area contributed by atoms with E-state index in [0.717, 1.165) is 55.9 Å². The normalized spacial score (nSPS) is 37.4. The van der Waals surface area contributed by atoms with Gasteiger partial charge in [-0.1, -0.05) is 17.3 Å².